The topological polar surface area (TPSA) is 67.6 Å². The summed E-state index contributed by atoms with van der Waals surface area (Å²) < 4.78 is 5.35. The van der Waals surface area contributed by atoms with Crippen LogP contribution in [0, 0.1) is 0 Å². The maximum atomic E-state index is 12.2. The van der Waals surface area contributed by atoms with Crippen LogP contribution in [0.25, 0.3) is 0 Å². The van der Waals surface area contributed by atoms with Gasteiger partial charge in [0.2, 0.25) is 0 Å². The van der Waals surface area contributed by atoms with Crippen molar-refractivity contribution in [3.05, 3.63) is 59.7 Å². The number of nitrogens with two attached hydrogens (primary N) is 1. The van der Waals surface area contributed by atoms with Gasteiger partial charge in [-0.3, -0.25) is 9.69 Å². The standard InChI is InChI=1S/C18H21N3O2.2ClH/c19-17-4-2-1-3-16(17)18(22)20-15-7-5-14(6-8-15)13-21-9-11-23-12-10-21;;/h1-8H,9-13,19H2,(H,20,22);2*1H. The second kappa shape index (κ2) is 10.3. The second-order valence-corrected chi connectivity index (χ2v) is 5.63. The summed E-state index contributed by atoms with van der Waals surface area (Å²) in [5, 5.41) is 2.88. The monoisotopic (exact) mass is 383 g/mol. The van der Waals surface area contributed by atoms with Crippen molar-refractivity contribution in [3.63, 3.8) is 0 Å². The molecule has 0 aliphatic carbocycles. The zero-order valence-electron chi connectivity index (χ0n) is 13.8. The third kappa shape index (κ3) is 5.90. The Bertz CT molecular complexity index is 674. The number of benzene rings is 2. The van der Waals surface area contributed by atoms with Crippen LogP contribution in [-0.2, 0) is 11.3 Å². The molecule has 0 aromatic heterocycles. The highest BCUT2D eigenvalue weighted by Gasteiger charge is 2.11. The number of nitrogens with one attached hydrogen (secondary N) is 1. The summed E-state index contributed by atoms with van der Waals surface area (Å²) in [6, 6.07) is 15.0. The number of nitrogens with zero attached hydrogens (tertiary/aromatic N) is 1. The summed E-state index contributed by atoms with van der Waals surface area (Å²) in [4.78, 5) is 14.6. The van der Waals surface area contributed by atoms with Crippen LogP contribution in [0.2, 0.25) is 0 Å². The van der Waals surface area contributed by atoms with Gasteiger partial charge in [0.25, 0.3) is 5.91 Å². The molecule has 3 rings (SSSR count). The van der Waals surface area contributed by atoms with Gasteiger partial charge in [0.05, 0.1) is 18.8 Å². The van der Waals surface area contributed by atoms with Crippen molar-refractivity contribution in [1.29, 1.82) is 0 Å². The molecular weight excluding hydrogens is 361 g/mol. The van der Waals surface area contributed by atoms with Gasteiger partial charge in [-0.15, -0.1) is 24.8 Å². The molecule has 1 aliphatic rings. The number of carbonyl (C=O) groups excluding carboxylic acids is 1. The summed E-state index contributed by atoms with van der Waals surface area (Å²) in [7, 11) is 0. The predicted octanol–water partition coefficient (Wildman–Crippen LogP) is 3.20. The number of nitrogen functional groups attached to an aromatic ring is 1. The van der Waals surface area contributed by atoms with Gasteiger partial charge in [-0.2, -0.15) is 0 Å². The first kappa shape index (κ1) is 21.3. The zero-order valence-corrected chi connectivity index (χ0v) is 15.4. The Morgan fingerprint density at radius 3 is 2.32 bits per heavy atom. The second-order valence-electron chi connectivity index (χ2n) is 5.63. The van der Waals surface area contributed by atoms with Crippen LogP contribution in [-0.4, -0.2) is 37.1 Å². The van der Waals surface area contributed by atoms with E-state index in [-0.39, 0.29) is 30.7 Å². The zero-order chi connectivity index (χ0) is 16.1. The van der Waals surface area contributed by atoms with E-state index in [1.807, 2.05) is 30.3 Å². The highest BCUT2D eigenvalue weighted by Crippen LogP contribution is 2.16. The average Bonchev–Trinajstić information content (AvgIpc) is 2.58. The van der Waals surface area contributed by atoms with Crippen molar-refractivity contribution >= 4 is 42.1 Å². The SMILES string of the molecule is Cl.Cl.Nc1ccccc1C(=O)Nc1ccc(CN2CCOCC2)cc1. The van der Waals surface area contributed by atoms with E-state index in [0.29, 0.717) is 11.3 Å². The van der Waals surface area contributed by atoms with Crippen LogP contribution in [0.3, 0.4) is 0 Å². The van der Waals surface area contributed by atoms with Gasteiger partial charge in [0, 0.05) is 31.0 Å². The van der Waals surface area contributed by atoms with Crippen LogP contribution < -0.4 is 11.1 Å². The van der Waals surface area contributed by atoms with Crippen LogP contribution >= 0.6 is 24.8 Å². The number of hydrogen-bond donors (Lipinski definition) is 2. The van der Waals surface area contributed by atoms with E-state index >= 15 is 0 Å². The molecule has 3 N–H and O–H groups in total. The summed E-state index contributed by atoms with van der Waals surface area (Å²) in [6.45, 7) is 4.43. The number of hydrogen-bond acceptors (Lipinski definition) is 4. The van der Waals surface area contributed by atoms with Gasteiger partial charge >= 0.3 is 0 Å². The smallest absolute Gasteiger partial charge is 0.257 e. The van der Waals surface area contributed by atoms with E-state index in [0.717, 1.165) is 38.5 Å². The minimum Gasteiger partial charge on any atom is -0.398 e. The number of morpholine rings is 1. The Hall–Kier alpha value is -1.79. The van der Waals surface area contributed by atoms with Crippen molar-refractivity contribution in [2.75, 3.05) is 37.4 Å². The van der Waals surface area contributed by atoms with Crippen molar-refractivity contribution in [3.8, 4) is 0 Å². The largest absolute Gasteiger partial charge is 0.398 e. The van der Waals surface area contributed by atoms with Crippen molar-refractivity contribution in [2.45, 2.75) is 6.54 Å². The van der Waals surface area contributed by atoms with E-state index < -0.39 is 0 Å². The molecule has 0 radical (unpaired) electrons. The normalized spacial score (nSPS) is 14.1. The Balaban J connectivity index is 0.00000156. The molecule has 25 heavy (non-hydrogen) atoms. The van der Waals surface area contributed by atoms with Gasteiger partial charge in [0.15, 0.2) is 0 Å². The van der Waals surface area contributed by atoms with Crippen molar-refractivity contribution in [2.24, 2.45) is 0 Å². The summed E-state index contributed by atoms with van der Waals surface area (Å²) in [6.07, 6.45) is 0. The van der Waals surface area contributed by atoms with Crippen LogP contribution in [0.1, 0.15) is 15.9 Å². The van der Waals surface area contributed by atoms with Crippen LogP contribution in [0.4, 0.5) is 11.4 Å². The number of rotatable bonds is 4. The summed E-state index contributed by atoms with van der Waals surface area (Å²) >= 11 is 0. The number of anilines is 2. The maximum Gasteiger partial charge on any atom is 0.257 e. The lowest BCUT2D eigenvalue weighted by Crippen LogP contribution is -2.35. The highest BCUT2D eigenvalue weighted by atomic mass is 35.5. The minimum atomic E-state index is -0.191. The molecule has 0 spiro atoms. The molecule has 0 bridgehead atoms. The predicted molar refractivity (Wildman–Crippen MR) is 106 cm³/mol. The molecule has 0 atom stereocenters. The fourth-order valence-corrected chi connectivity index (χ4v) is 2.61. The molecule has 136 valence electrons. The molecule has 0 unspecified atom stereocenters. The van der Waals surface area contributed by atoms with Gasteiger partial charge in [-0.1, -0.05) is 24.3 Å². The van der Waals surface area contributed by atoms with E-state index in [1.54, 1.807) is 18.2 Å². The Morgan fingerprint density at radius 2 is 1.68 bits per heavy atom. The van der Waals surface area contributed by atoms with E-state index in [2.05, 4.69) is 10.2 Å². The molecule has 7 heteroatoms. The van der Waals surface area contributed by atoms with Crippen molar-refractivity contribution < 1.29 is 9.53 Å². The number of ether oxygens (including phenoxy) is 1. The third-order valence-corrected chi connectivity index (χ3v) is 3.93. The molecule has 1 aliphatic heterocycles. The number of para-hydroxylation sites is 1. The van der Waals surface area contributed by atoms with Gasteiger partial charge < -0.3 is 15.8 Å². The first-order valence-corrected chi connectivity index (χ1v) is 7.77. The fraction of sp³-hybridized carbons (Fsp3) is 0.278. The van der Waals surface area contributed by atoms with Crippen molar-refractivity contribution in [1.82, 2.24) is 4.90 Å². The lowest BCUT2D eigenvalue weighted by molar-refractivity contribution is 0.0342. The Kier molecular flexibility index (Phi) is 8.72. The Labute approximate surface area is 160 Å². The molecule has 2 aromatic carbocycles. The van der Waals surface area contributed by atoms with Gasteiger partial charge in [0.1, 0.15) is 0 Å². The molecule has 2 aromatic rings. The molecular formula is C18H23Cl2N3O2. The first-order chi connectivity index (χ1) is 11.2. The fourth-order valence-electron chi connectivity index (χ4n) is 2.61. The Morgan fingerprint density at radius 1 is 1.04 bits per heavy atom. The van der Waals surface area contributed by atoms with Crippen LogP contribution in [0.15, 0.2) is 48.5 Å². The first-order valence-electron chi connectivity index (χ1n) is 7.77. The molecule has 1 saturated heterocycles. The summed E-state index contributed by atoms with van der Waals surface area (Å²) in [5.41, 5.74) is 8.79. The number of halogens is 2. The molecule has 1 amide bonds. The highest BCUT2D eigenvalue weighted by molar-refractivity contribution is 6.07. The van der Waals surface area contributed by atoms with E-state index in [4.69, 9.17) is 10.5 Å². The maximum absolute atomic E-state index is 12.2. The average molecular weight is 384 g/mol. The lowest BCUT2D eigenvalue weighted by atomic mass is 10.1. The van der Waals surface area contributed by atoms with E-state index in [9.17, 15) is 4.79 Å². The molecule has 1 heterocycles. The van der Waals surface area contributed by atoms with Gasteiger partial charge in [-0.25, -0.2) is 0 Å². The quantitative estimate of drug-likeness (QED) is 0.795. The third-order valence-electron chi connectivity index (χ3n) is 3.93. The summed E-state index contributed by atoms with van der Waals surface area (Å²) in [5.74, 6) is -0.191. The van der Waals surface area contributed by atoms with Gasteiger partial charge in [-0.05, 0) is 29.8 Å². The number of carbonyl (C=O) groups is 1. The minimum absolute atomic E-state index is 0. The molecule has 0 saturated carbocycles. The molecule has 5 nitrogen and oxygen atoms in total. The number of amides is 1. The molecule has 1 fully saturated rings. The van der Waals surface area contributed by atoms with Crippen LogP contribution in [0.5, 0.6) is 0 Å². The van der Waals surface area contributed by atoms with E-state index in [1.165, 1.54) is 5.56 Å². The lowest BCUT2D eigenvalue weighted by Gasteiger charge is -2.26.